The quantitative estimate of drug-likeness (QED) is 0.769. The summed E-state index contributed by atoms with van der Waals surface area (Å²) in [6.07, 6.45) is 2.88. The van der Waals surface area contributed by atoms with Crippen LogP contribution in [0.15, 0.2) is 11.3 Å². The molecule has 2 heterocycles. The Hall–Kier alpha value is -1.04. The molecule has 0 saturated carbocycles. The summed E-state index contributed by atoms with van der Waals surface area (Å²) in [6, 6.07) is 0. The molecule has 6 heteroatoms. The van der Waals surface area contributed by atoms with Crippen molar-refractivity contribution in [3.63, 3.8) is 0 Å². The molecule has 1 aromatic rings. The number of rotatable bonds is 2. The fourth-order valence-corrected chi connectivity index (χ4v) is 2.01. The minimum Gasteiger partial charge on any atom is -0.358 e. The van der Waals surface area contributed by atoms with Crippen LogP contribution >= 0.6 is 11.8 Å². The molecule has 5 nitrogen and oxygen atoms in total. The second kappa shape index (κ2) is 4.45. The summed E-state index contributed by atoms with van der Waals surface area (Å²) >= 11 is 1.77. The molecule has 1 aliphatic heterocycles. The minimum absolute atomic E-state index is 0.697. The zero-order valence-electron chi connectivity index (χ0n) is 8.10. The van der Waals surface area contributed by atoms with Gasteiger partial charge in [0.05, 0.1) is 6.54 Å². The van der Waals surface area contributed by atoms with Gasteiger partial charge in [0.2, 0.25) is 0 Å². The lowest BCUT2D eigenvalue weighted by atomic mass is 10.5. The molecular weight excluding hydrogens is 198 g/mol. The molecule has 0 atom stereocenters. The average Bonchev–Trinajstić information content (AvgIpc) is 2.63. The minimum atomic E-state index is 0.697. The molecule has 0 radical (unpaired) electrons. The van der Waals surface area contributed by atoms with Crippen LogP contribution in [-0.4, -0.2) is 32.2 Å². The Bertz CT molecular complexity index is 332. The Morgan fingerprint density at radius 3 is 3.21 bits per heavy atom. The van der Waals surface area contributed by atoms with Crippen molar-refractivity contribution in [1.29, 1.82) is 0 Å². The lowest BCUT2D eigenvalue weighted by molar-refractivity contribution is 0.749. The van der Waals surface area contributed by atoms with Gasteiger partial charge in [-0.15, -0.1) is 10.2 Å². The van der Waals surface area contributed by atoms with Gasteiger partial charge in [0.1, 0.15) is 6.33 Å². The first kappa shape index (κ1) is 9.51. The molecule has 0 aliphatic carbocycles. The lowest BCUT2D eigenvalue weighted by Crippen LogP contribution is -2.24. The topological polar surface area (TPSA) is 55.1 Å². The molecule has 2 rings (SSSR count). The first-order valence-corrected chi connectivity index (χ1v) is 5.59. The van der Waals surface area contributed by atoms with Crippen molar-refractivity contribution in [1.82, 2.24) is 20.1 Å². The molecule has 0 aromatic carbocycles. The van der Waals surface area contributed by atoms with Crippen molar-refractivity contribution < 1.29 is 0 Å². The van der Waals surface area contributed by atoms with Gasteiger partial charge in [0, 0.05) is 19.3 Å². The SMILES string of the molecule is Cn1cnnc1CNC1=NCCCS1. The number of nitrogens with one attached hydrogen (secondary N) is 1. The first-order valence-electron chi connectivity index (χ1n) is 4.60. The number of hydrogen-bond acceptors (Lipinski definition) is 5. The first-order chi connectivity index (χ1) is 6.86. The average molecular weight is 211 g/mol. The van der Waals surface area contributed by atoms with E-state index >= 15 is 0 Å². The van der Waals surface area contributed by atoms with Crippen LogP contribution in [0, 0.1) is 0 Å². The van der Waals surface area contributed by atoms with Crippen molar-refractivity contribution in [2.75, 3.05) is 12.3 Å². The predicted octanol–water partition coefficient (Wildman–Crippen LogP) is 0.398. The van der Waals surface area contributed by atoms with Gasteiger partial charge >= 0.3 is 0 Å². The molecule has 0 amide bonds. The fraction of sp³-hybridized carbons (Fsp3) is 0.625. The molecule has 76 valence electrons. The number of thioether (sulfide) groups is 1. The number of aliphatic imine (C=N–C) groups is 1. The lowest BCUT2D eigenvalue weighted by Gasteiger charge is -2.12. The molecule has 1 aliphatic rings. The van der Waals surface area contributed by atoms with E-state index in [-0.39, 0.29) is 0 Å². The maximum atomic E-state index is 4.37. The zero-order valence-corrected chi connectivity index (χ0v) is 8.92. The number of aryl methyl sites for hydroxylation is 1. The zero-order chi connectivity index (χ0) is 9.80. The van der Waals surface area contributed by atoms with Crippen molar-refractivity contribution in [2.45, 2.75) is 13.0 Å². The van der Waals surface area contributed by atoms with Gasteiger partial charge in [0.15, 0.2) is 11.0 Å². The van der Waals surface area contributed by atoms with E-state index in [0.717, 1.165) is 23.3 Å². The van der Waals surface area contributed by atoms with Crippen molar-refractivity contribution in [3.05, 3.63) is 12.2 Å². The highest BCUT2D eigenvalue weighted by Crippen LogP contribution is 2.10. The van der Waals surface area contributed by atoms with Crippen molar-refractivity contribution in [2.24, 2.45) is 12.0 Å². The van der Waals surface area contributed by atoms with Crippen LogP contribution < -0.4 is 5.32 Å². The van der Waals surface area contributed by atoms with Crippen LogP contribution in [-0.2, 0) is 13.6 Å². The van der Waals surface area contributed by atoms with Crippen LogP contribution in [0.2, 0.25) is 0 Å². The Kier molecular flexibility index (Phi) is 3.03. The van der Waals surface area contributed by atoms with Crippen LogP contribution in [0.4, 0.5) is 0 Å². The molecule has 0 bridgehead atoms. The van der Waals surface area contributed by atoms with Crippen molar-refractivity contribution >= 4 is 16.9 Å². The van der Waals surface area contributed by atoms with E-state index in [0.29, 0.717) is 6.54 Å². The van der Waals surface area contributed by atoms with E-state index < -0.39 is 0 Å². The van der Waals surface area contributed by atoms with Crippen LogP contribution in [0.25, 0.3) is 0 Å². The molecule has 0 fully saturated rings. The summed E-state index contributed by atoms with van der Waals surface area (Å²) < 4.78 is 1.90. The molecule has 1 aromatic heterocycles. The standard InChI is InChI=1S/C8H13N5S/c1-13-6-11-12-7(13)5-10-8-9-3-2-4-14-8/h6H,2-5H2,1H3,(H,9,10). The third kappa shape index (κ3) is 2.25. The van der Waals surface area contributed by atoms with Crippen LogP contribution in [0.3, 0.4) is 0 Å². The molecule has 1 N–H and O–H groups in total. The van der Waals surface area contributed by atoms with E-state index in [9.17, 15) is 0 Å². The summed E-state index contributed by atoms with van der Waals surface area (Å²) in [5.74, 6) is 2.09. The highest BCUT2D eigenvalue weighted by atomic mass is 32.2. The summed E-state index contributed by atoms with van der Waals surface area (Å²) in [4.78, 5) is 4.37. The van der Waals surface area contributed by atoms with Gasteiger partial charge < -0.3 is 9.88 Å². The third-order valence-electron chi connectivity index (χ3n) is 2.00. The van der Waals surface area contributed by atoms with E-state index in [1.165, 1.54) is 6.42 Å². The monoisotopic (exact) mass is 211 g/mol. The summed E-state index contributed by atoms with van der Waals surface area (Å²) in [5, 5.41) is 12.1. The number of aromatic nitrogens is 3. The normalized spacial score (nSPS) is 16.5. The second-order valence-corrected chi connectivity index (χ2v) is 4.18. The highest BCUT2D eigenvalue weighted by Gasteiger charge is 2.06. The molecule has 14 heavy (non-hydrogen) atoms. The summed E-state index contributed by atoms with van der Waals surface area (Å²) in [6.45, 7) is 1.64. The maximum Gasteiger partial charge on any atom is 0.156 e. The van der Waals surface area contributed by atoms with E-state index in [2.05, 4.69) is 20.5 Å². The van der Waals surface area contributed by atoms with Crippen molar-refractivity contribution in [3.8, 4) is 0 Å². The Morgan fingerprint density at radius 1 is 1.64 bits per heavy atom. The van der Waals surface area contributed by atoms with Gasteiger partial charge in [-0.05, 0) is 6.42 Å². The van der Waals surface area contributed by atoms with Gasteiger partial charge in [0.25, 0.3) is 0 Å². The number of nitrogens with zero attached hydrogens (tertiary/aromatic N) is 4. The highest BCUT2D eigenvalue weighted by molar-refractivity contribution is 8.13. The van der Waals surface area contributed by atoms with Crippen LogP contribution in [0.5, 0.6) is 0 Å². The third-order valence-corrected chi connectivity index (χ3v) is 3.04. The van der Waals surface area contributed by atoms with E-state index in [1.807, 2.05) is 11.6 Å². The van der Waals surface area contributed by atoms with E-state index in [1.54, 1.807) is 18.1 Å². The van der Waals surface area contributed by atoms with E-state index in [4.69, 9.17) is 0 Å². The van der Waals surface area contributed by atoms with Gasteiger partial charge in [-0.1, -0.05) is 11.8 Å². The largest absolute Gasteiger partial charge is 0.358 e. The summed E-state index contributed by atoms with van der Waals surface area (Å²) in [7, 11) is 1.94. The number of amidine groups is 1. The van der Waals surface area contributed by atoms with Crippen LogP contribution in [0.1, 0.15) is 12.2 Å². The Labute approximate surface area is 87.0 Å². The Balaban J connectivity index is 1.88. The van der Waals surface area contributed by atoms with Gasteiger partial charge in [-0.25, -0.2) is 0 Å². The van der Waals surface area contributed by atoms with Gasteiger partial charge in [-0.3, -0.25) is 4.99 Å². The molecule has 0 saturated heterocycles. The molecule has 0 unspecified atom stereocenters. The number of hydrogen-bond donors (Lipinski definition) is 1. The smallest absolute Gasteiger partial charge is 0.156 e. The Morgan fingerprint density at radius 2 is 2.57 bits per heavy atom. The fourth-order valence-electron chi connectivity index (χ4n) is 1.19. The summed E-state index contributed by atoms with van der Waals surface area (Å²) in [5.41, 5.74) is 0. The molecular formula is C8H13N5S. The van der Waals surface area contributed by atoms with Gasteiger partial charge in [-0.2, -0.15) is 0 Å². The maximum absolute atomic E-state index is 4.37. The second-order valence-electron chi connectivity index (χ2n) is 3.10. The molecule has 0 spiro atoms. The predicted molar refractivity (Wildman–Crippen MR) is 57.2 cm³/mol.